The Morgan fingerprint density at radius 1 is 1.31 bits per heavy atom. The number of nitrogens with two attached hydrogens (primary N) is 1. The molecule has 0 radical (unpaired) electrons. The van der Waals surface area contributed by atoms with E-state index in [1.807, 2.05) is 19.1 Å². The predicted molar refractivity (Wildman–Crippen MR) is 154 cm³/mol. The quantitative estimate of drug-likeness (QED) is 0.105. The van der Waals surface area contributed by atoms with Gasteiger partial charge in [-0.3, -0.25) is 30.9 Å². The topological polar surface area (TPSA) is 108 Å². The van der Waals surface area contributed by atoms with Gasteiger partial charge in [-0.1, -0.05) is 32.0 Å². The standard InChI is InChI=1S/C29H42FN7O2/c1-5-36(20-26-9-10-27(18-34-26)39-15-12-30)14-13-33-29(38)11-8-23-6-7-24(28-16-21(28)2)17-25(23)19-37(31)35-22(3)32-4/h6-11,17-18,21,28H,5,12-16,19-20,31H2,1-4H3,(H,32,35)(H,33,38)/b11-8+. The number of nitrogens with one attached hydrogen (secondary N) is 2. The third-order valence-corrected chi connectivity index (χ3v) is 6.80. The van der Waals surface area contributed by atoms with E-state index in [0.29, 0.717) is 43.8 Å². The maximum atomic E-state index is 12.6. The highest BCUT2D eigenvalue weighted by Crippen LogP contribution is 2.47. The number of pyridine rings is 1. The number of amides is 1. The van der Waals surface area contributed by atoms with Crippen molar-refractivity contribution < 1.29 is 13.9 Å². The number of carbonyl (C=O) groups is 1. The molecule has 1 fully saturated rings. The molecule has 2 unspecified atom stereocenters. The number of aromatic nitrogens is 1. The summed E-state index contributed by atoms with van der Waals surface area (Å²) in [4.78, 5) is 23.3. The lowest BCUT2D eigenvalue weighted by molar-refractivity contribution is -0.116. The van der Waals surface area contributed by atoms with E-state index in [2.05, 4.69) is 57.7 Å². The van der Waals surface area contributed by atoms with E-state index in [4.69, 9.17) is 10.6 Å². The number of carbonyl (C=O) groups excluding carboxylic acids is 1. The van der Waals surface area contributed by atoms with Gasteiger partial charge in [0.15, 0.2) is 0 Å². The zero-order valence-electron chi connectivity index (χ0n) is 23.5. The molecule has 9 nitrogen and oxygen atoms in total. The van der Waals surface area contributed by atoms with Crippen molar-refractivity contribution in [2.45, 2.75) is 46.2 Å². The van der Waals surface area contributed by atoms with Crippen LogP contribution in [0, 0.1) is 5.92 Å². The number of benzene rings is 1. The van der Waals surface area contributed by atoms with Gasteiger partial charge in [0.05, 0.1) is 18.4 Å². The van der Waals surface area contributed by atoms with Crippen molar-refractivity contribution in [3.05, 3.63) is 65.0 Å². The maximum absolute atomic E-state index is 12.6. The molecule has 0 saturated heterocycles. The summed E-state index contributed by atoms with van der Waals surface area (Å²) in [5, 5.41) is 4.48. The van der Waals surface area contributed by atoms with Gasteiger partial charge in [0.2, 0.25) is 5.91 Å². The molecule has 1 amide bonds. The second kappa shape index (κ2) is 15.3. The number of rotatable bonds is 15. The summed E-state index contributed by atoms with van der Waals surface area (Å²) in [5.41, 5.74) is 7.23. The zero-order valence-corrected chi connectivity index (χ0v) is 23.5. The Morgan fingerprint density at radius 2 is 2.10 bits per heavy atom. The Morgan fingerprint density at radius 3 is 2.74 bits per heavy atom. The molecule has 2 atom stereocenters. The molecule has 212 valence electrons. The molecular weight excluding hydrogens is 497 g/mol. The molecule has 2 aromatic rings. The van der Waals surface area contributed by atoms with Crippen molar-refractivity contribution in [3.8, 4) is 5.75 Å². The molecule has 1 aliphatic rings. The summed E-state index contributed by atoms with van der Waals surface area (Å²) in [6.07, 6.45) is 6.22. The lowest BCUT2D eigenvalue weighted by Gasteiger charge is -2.20. The van der Waals surface area contributed by atoms with Crippen LogP contribution in [0.2, 0.25) is 0 Å². The van der Waals surface area contributed by atoms with E-state index in [1.54, 1.807) is 25.4 Å². The Balaban J connectivity index is 1.53. The fourth-order valence-electron chi connectivity index (χ4n) is 4.31. The molecule has 0 bridgehead atoms. The smallest absolute Gasteiger partial charge is 0.244 e. The molecule has 10 heteroatoms. The third-order valence-electron chi connectivity index (χ3n) is 6.80. The zero-order chi connectivity index (χ0) is 28.2. The van der Waals surface area contributed by atoms with Gasteiger partial charge in [-0.2, -0.15) is 5.12 Å². The third kappa shape index (κ3) is 10.0. The van der Waals surface area contributed by atoms with Gasteiger partial charge in [0, 0.05) is 32.8 Å². The first-order valence-corrected chi connectivity index (χ1v) is 13.5. The Labute approximate surface area is 231 Å². The van der Waals surface area contributed by atoms with E-state index in [-0.39, 0.29) is 12.5 Å². The minimum absolute atomic E-state index is 0.0270. The summed E-state index contributed by atoms with van der Waals surface area (Å²) in [7, 11) is 1.71. The summed E-state index contributed by atoms with van der Waals surface area (Å²) in [6, 6.07) is 10.1. The number of hydrogen-bond donors (Lipinski definition) is 3. The van der Waals surface area contributed by atoms with E-state index < -0.39 is 6.67 Å². The molecule has 39 heavy (non-hydrogen) atoms. The lowest BCUT2D eigenvalue weighted by Crippen LogP contribution is -2.45. The first kappa shape index (κ1) is 30.2. The maximum Gasteiger partial charge on any atom is 0.244 e. The predicted octanol–water partition coefficient (Wildman–Crippen LogP) is 3.43. The van der Waals surface area contributed by atoms with Crippen LogP contribution in [0.3, 0.4) is 0 Å². The van der Waals surface area contributed by atoms with Crippen LogP contribution in [0.5, 0.6) is 5.75 Å². The van der Waals surface area contributed by atoms with Gasteiger partial charge in [-0.05, 0) is 66.6 Å². The molecule has 1 heterocycles. The molecule has 1 aromatic heterocycles. The highest BCUT2D eigenvalue weighted by molar-refractivity contribution is 5.91. The summed E-state index contributed by atoms with van der Waals surface area (Å²) >= 11 is 0. The molecular formula is C29H42FN7O2. The number of nitrogens with zero attached hydrogens (tertiary/aromatic N) is 4. The average molecular weight is 540 g/mol. The number of alkyl halides is 1. The van der Waals surface area contributed by atoms with Gasteiger partial charge >= 0.3 is 0 Å². The molecule has 0 spiro atoms. The van der Waals surface area contributed by atoms with E-state index in [1.165, 1.54) is 17.1 Å². The van der Waals surface area contributed by atoms with Crippen LogP contribution in [0.15, 0.2) is 47.6 Å². The monoisotopic (exact) mass is 539 g/mol. The molecule has 0 aliphatic heterocycles. The fourth-order valence-corrected chi connectivity index (χ4v) is 4.31. The van der Waals surface area contributed by atoms with Crippen molar-refractivity contribution >= 4 is 17.8 Å². The number of aliphatic imine (C=N–C) groups is 1. The van der Waals surface area contributed by atoms with Crippen LogP contribution < -0.4 is 21.3 Å². The largest absolute Gasteiger partial charge is 0.489 e. The fraction of sp³-hybridized carbons (Fsp3) is 0.483. The number of halogens is 1. The van der Waals surface area contributed by atoms with Crippen molar-refractivity contribution in [2.75, 3.05) is 40.0 Å². The lowest BCUT2D eigenvalue weighted by atomic mass is 10.00. The van der Waals surface area contributed by atoms with Gasteiger partial charge < -0.3 is 10.1 Å². The van der Waals surface area contributed by atoms with Crippen LogP contribution in [0.1, 0.15) is 55.5 Å². The summed E-state index contributed by atoms with van der Waals surface area (Å²) < 4.78 is 17.5. The number of ether oxygens (including phenoxy) is 1. The average Bonchev–Trinajstić information content (AvgIpc) is 3.67. The van der Waals surface area contributed by atoms with Crippen LogP contribution in [0.25, 0.3) is 6.08 Å². The molecule has 1 aromatic carbocycles. The minimum atomic E-state index is -0.530. The second-order valence-corrected chi connectivity index (χ2v) is 9.84. The van der Waals surface area contributed by atoms with Gasteiger partial charge in [-0.25, -0.2) is 4.39 Å². The minimum Gasteiger partial charge on any atom is -0.489 e. The molecule has 4 N–H and O–H groups in total. The summed E-state index contributed by atoms with van der Waals surface area (Å²) in [5.74, 6) is 8.59. The van der Waals surface area contributed by atoms with Crippen LogP contribution in [-0.2, 0) is 17.9 Å². The highest BCUT2D eigenvalue weighted by atomic mass is 19.1. The Hall–Kier alpha value is -3.34. The van der Waals surface area contributed by atoms with Crippen LogP contribution >= 0.6 is 0 Å². The van der Waals surface area contributed by atoms with Crippen molar-refractivity contribution in [1.29, 1.82) is 0 Å². The van der Waals surface area contributed by atoms with E-state index in [9.17, 15) is 9.18 Å². The Bertz CT molecular complexity index is 1120. The first-order valence-electron chi connectivity index (χ1n) is 13.5. The van der Waals surface area contributed by atoms with E-state index in [0.717, 1.165) is 29.2 Å². The highest BCUT2D eigenvalue weighted by Gasteiger charge is 2.34. The first-order chi connectivity index (χ1) is 18.8. The van der Waals surface area contributed by atoms with E-state index >= 15 is 0 Å². The van der Waals surface area contributed by atoms with Gasteiger partial charge in [0.1, 0.15) is 24.9 Å². The van der Waals surface area contributed by atoms with Gasteiger partial charge in [-0.15, -0.1) is 0 Å². The van der Waals surface area contributed by atoms with Crippen molar-refractivity contribution in [1.82, 2.24) is 25.7 Å². The molecule has 1 aliphatic carbocycles. The SMILES string of the molecule is CCN(CCNC(=O)/C=C/c1ccc(C2CC2C)cc1CN(N)NC(C)=NC)Cc1ccc(OCCF)cn1. The van der Waals surface area contributed by atoms with Crippen LogP contribution in [-0.4, -0.2) is 66.7 Å². The molecule has 3 rings (SSSR count). The number of amidine groups is 1. The number of hydrazine groups is 2. The van der Waals surface area contributed by atoms with Crippen molar-refractivity contribution in [3.63, 3.8) is 0 Å². The summed E-state index contributed by atoms with van der Waals surface area (Å²) in [6.45, 7) is 8.80. The normalized spacial score (nSPS) is 17.2. The second-order valence-electron chi connectivity index (χ2n) is 9.84. The number of likely N-dealkylation sites (N-methyl/N-ethyl adjacent to an activating group) is 1. The molecule has 1 saturated carbocycles. The number of hydrogen-bond acceptors (Lipinski definition) is 7. The van der Waals surface area contributed by atoms with Gasteiger partial charge in [0.25, 0.3) is 0 Å². The Kier molecular flexibility index (Phi) is 11.9. The van der Waals surface area contributed by atoms with Crippen molar-refractivity contribution in [2.24, 2.45) is 16.8 Å². The van der Waals surface area contributed by atoms with Crippen LogP contribution in [0.4, 0.5) is 4.39 Å².